The zero-order chi connectivity index (χ0) is 18.6. The molecule has 2 aromatic carbocycles. The molecule has 0 heterocycles. The first kappa shape index (κ1) is 18.9. The summed E-state index contributed by atoms with van der Waals surface area (Å²) in [5.41, 5.74) is 1.61. The minimum absolute atomic E-state index is 0.0158. The van der Waals surface area contributed by atoms with E-state index in [4.69, 9.17) is 4.74 Å². The predicted molar refractivity (Wildman–Crippen MR) is 95.5 cm³/mol. The van der Waals surface area contributed by atoms with Crippen molar-refractivity contribution in [1.82, 2.24) is 0 Å². The molecule has 5 nitrogen and oxygen atoms in total. The van der Waals surface area contributed by atoms with E-state index >= 15 is 0 Å². The summed E-state index contributed by atoms with van der Waals surface area (Å²) in [5.74, 6) is -1.80. The van der Waals surface area contributed by atoms with E-state index in [0.29, 0.717) is 10.5 Å². The van der Waals surface area contributed by atoms with Crippen molar-refractivity contribution in [3.63, 3.8) is 0 Å². The van der Waals surface area contributed by atoms with Crippen molar-refractivity contribution < 1.29 is 24.2 Å². The second-order valence-electron chi connectivity index (χ2n) is 5.35. The first-order valence-corrected chi connectivity index (χ1v) is 8.54. The number of esters is 2. The van der Waals surface area contributed by atoms with Gasteiger partial charge in [-0.3, -0.25) is 0 Å². The molecule has 0 aliphatic heterocycles. The Labute approximate surface area is 151 Å². The highest BCUT2D eigenvalue weighted by Gasteiger charge is 2.27. The van der Waals surface area contributed by atoms with Crippen LogP contribution in [-0.2, 0) is 15.9 Å². The zero-order valence-corrected chi connectivity index (χ0v) is 15.4. The molecule has 2 rings (SSSR count). The van der Waals surface area contributed by atoms with Crippen LogP contribution in [-0.4, -0.2) is 31.3 Å². The van der Waals surface area contributed by atoms with E-state index in [0.717, 1.165) is 11.3 Å². The smallest absolute Gasteiger partial charge is 0.342 e. The van der Waals surface area contributed by atoms with Crippen LogP contribution in [0.5, 0.6) is 5.75 Å². The molecule has 0 spiro atoms. The number of rotatable bonds is 5. The molecule has 0 amide bonds. The summed E-state index contributed by atoms with van der Waals surface area (Å²) in [4.78, 5) is 25.8. The van der Waals surface area contributed by atoms with Gasteiger partial charge in [-0.25, -0.2) is 9.59 Å². The van der Waals surface area contributed by atoms with Crippen LogP contribution in [0.3, 0.4) is 0 Å². The maximum Gasteiger partial charge on any atom is 0.342 e. The summed E-state index contributed by atoms with van der Waals surface area (Å²) in [6, 6.07) is 9.48. The van der Waals surface area contributed by atoms with Gasteiger partial charge >= 0.3 is 11.9 Å². The molecule has 0 aliphatic rings. The molecular formula is C19H20O5S. The van der Waals surface area contributed by atoms with Crippen molar-refractivity contribution in [1.29, 1.82) is 0 Å². The molecular weight excluding hydrogens is 340 g/mol. The van der Waals surface area contributed by atoms with E-state index in [1.54, 1.807) is 6.92 Å². The molecule has 1 N–H and O–H groups in total. The van der Waals surface area contributed by atoms with Gasteiger partial charge in [-0.2, -0.15) is 0 Å². The molecule has 0 radical (unpaired) electrons. The molecule has 0 aromatic heterocycles. The Kier molecular flexibility index (Phi) is 6.09. The van der Waals surface area contributed by atoms with Crippen molar-refractivity contribution in [3.05, 3.63) is 52.6 Å². The maximum atomic E-state index is 12.2. The monoisotopic (exact) mass is 360 g/mol. The van der Waals surface area contributed by atoms with Gasteiger partial charge in [-0.05, 0) is 42.7 Å². The van der Waals surface area contributed by atoms with Gasteiger partial charge in [0, 0.05) is 9.79 Å². The molecule has 0 saturated heterocycles. The number of aryl methyl sites for hydroxylation is 1. The van der Waals surface area contributed by atoms with Gasteiger partial charge in [-0.15, -0.1) is 0 Å². The Balaban J connectivity index is 2.53. The van der Waals surface area contributed by atoms with Crippen molar-refractivity contribution in [2.75, 3.05) is 14.2 Å². The van der Waals surface area contributed by atoms with E-state index < -0.39 is 11.9 Å². The standard InChI is InChI=1S/C19H20O5S/c1-5-12-6-8-13(9-7-12)25-15-10-14(20)17(19(22)24-4)16(11(15)2)18(21)23-3/h6-10,20H,5H2,1-4H3. The molecule has 6 heteroatoms. The summed E-state index contributed by atoms with van der Waals surface area (Å²) < 4.78 is 9.45. The Morgan fingerprint density at radius 1 is 1.04 bits per heavy atom. The van der Waals surface area contributed by atoms with Crippen molar-refractivity contribution in [2.45, 2.75) is 30.1 Å². The number of carbonyl (C=O) groups excluding carboxylic acids is 2. The number of benzene rings is 2. The fourth-order valence-corrected chi connectivity index (χ4v) is 3.39. The van der Waals surface area contributed by atoms with Gasteiger partial charge in [0.2, 0.25) is 0 Å². The normalized spacial score (nSPS) is 10.4. The van der Waals surface area contributed by atoms with E-state index in [1.807, 2.05) is 24.3 Å². The fraction of sp³-hybridized carbons (Fsp3) is 0.263. The first-order valence-electron chi connectivity index (χ1n) is 7.72. The van der Waals surface area contributed by atoms with Crippen molar-refractivity contribution in [2.24, 2.45) is 0 Å². The van der Waals surface area contributed by atoms with Crippen LogP contribution in [0.2, 0.25) is 0 Å². The topological polar surface area (TPSA) is 72.8 Å². The fourth-order valence-electron chi connectivity index (χ4n) is 2.44. The van der Waals surface area contributed by atoms with E-state index in [1.165, 1.54) is 37.6 Å². The number of phenolic OH excluding ortho intramolecular Hbond substituents is 1. The molecule has 0 unspecified atom stereocenters. The van der Waals surface area contributed by atoms with Gasteiger partial charge in [0.15, 0.2) is 0 Å². The number of carbonyl (C=O) groups is 2. The second-order valence-corrected chi connectivity index (χ2v) is 6.47. The van der Waals surface area contributed by atoms with Gasteiger partial charge in [0.05, 0.1) is 19.8 Å². The third-order valence-corrected chi connectivity index (χ3v) is 5.01. The van der Waals surface area contributed by atoms with Gasteiger partial charge in [0.25, 0.3) is 0 Å². The van der Waals surface area contributed by atoms with Crippen LogP contribution in [0.4, 0.5) is 0 Å². The highest BCUT2D eigenvalue weighted by Crippen LogP contribution is 2.38. The number of ether oxygens (including phenoxy) is 2. The summed E-state index contributed by atoms with van der Waals surface area (Å²) in [5, 5.41) is 10.3. The first-order chi connectivity index (χ1) is 11.9. The van der Waals surface area contributed by atoms with Crippen LogP contribution < -0.4 is 0 Å². The third-order valence-electron chi connectivity index (χ3n) is 3.86. The average molecular weight is 360 g/mol. The minimum atomic E-state index is -0.787. The highest BCUT2D eigenvalue weighted by atomic mass is 32.2. The van der Waals surface area contributed by atoms with Gasteiger partial charge < -0.3 is 14.6 Å². The predicted octanol–water partition coefficient (Wildman–Crippen LogP) is 3.99. The number of hydrogen-bond donors (Lipinski definition) is 1. The van der Waals surface area contributed by atoms with Crippen molar-refractivity contribution in [3.8, 4) is 5.75 Å². The van der Waals surface area contributed by atoms with Crippen molar-refractivity contribution >= 4 is 23.7 Å². The lowest BCUT2D eigenvalue weighted by Crippen LogP contribution is -2.14. The molecule has 0 saturated carbocycles. The number of phenols is 1. The Hall–Kier alpha value is -2.47. The van der Waals surface area contributed by atoms with Crippen LogP contribution in [0.25, 0.3) is 0 Å². The molecule has 2 aromatic rings. The minimum Gasteiger partial charge on any atom is -0.507 e. The lowest BCUT2D eigenvalue weighted by molar-refractivity contribution is 0.0551. The summed E-state index contributed by atoms with van der Waals surface area (Å²) >= 11 is 1.40. The zero-order valence-electron chi connectivity index (χ0n) is 14.6. The van der Waals surface area contributed by atoms with E-state index in [2.05, 4.69) is 11.7 Å². The van der Waals surface area contributed by atoms with Crippen LogP contribution >= 0.6 is 11.8 Å². The van der Waals surface area contributed by atoms with Gasteiger partial charge in [0.1, 0.15) is 11.3 Å². The Morgan fingerprint density at radius 3 is 2.12 bits per heavy atom. The SMILES string of the molecule is CCc1ccc(Sc2cc(O)c(C(=O)OC)c(C(=O)OC)c2C)cc1. The molecule has 132 valence electrons. The lowest BCUT2D eigenvalue weighted by Gasteiger charge is -2.15. The van der Waals surface area contributed by atoms with E-state index in [-0.39, 0.29) is 16.9 Å². The second kappa shape index (κ2) is 8.07. The average Bonchev–Trinajstić information content (AvgIpc) is 2.63. The third kappa shape index (κ3) is 3.96. The van der Waals surface area contributed by atoms with Crippen LogP contribution in [0.15, 0.2) is 40.1 Å². The molecule has 0 fully saturated rings. The number of hydrogen-bond acceptors (Lipinski definition) is 6. The Morgan fingerprint density at radius 2 is 1.60 bits per heavy atom. The molecule has 0 aliphatic carbocycles. The summed E-state index contributed by atoms with van der Waals surface area (Å²) in [6.45, 7) is 3.79. The summed E-state index contributed by atoms with van der Waals surface area (Å²) in [7, 11) is 2.42. The molecule has 0 bridgehead atoms. The summed E-state index contributed by atoms with van der Waals surface area (Å²) in [6.07, 6.45) is 0.949. The number of aromatic hydroxyl groups is 1. The lowest BCUT2D eigenvalue weighted by atomic mass is 10.0. The highest BCUT2D eigenvalue weighted by molar-refractivity contribution is 7.99. The van der Waals surface area contributed by atoms with Crippen LogP contribution in [0.1, 0.15) is 38.8 Å². The number of methoxy groups -OCH3 is 2. The quantitative estimate of drug-likeness (QED) is 0.813. The molecule has 0 atom stereocenters. The largest absolute Gasteiger partial charge is 0.507 e. The maximum absolute atomic E-state index is 12.2. The molecule has 25 heavy (non-hydrogen) atoms. The van der Waals surface area contributed by atoms with E-state index in [9.17, 15) is 14.7 Å². The Bertz CT molecular complexity index is 796. The van der Waals surface area contributed by atoms with Gasteiger partial charge in [-0.1, -0.05) is 30.8 Å². The van der Waals surface area contributed by atoms with Crippen LogP contribution in [0, 0.1) is 6.92 Å².